The first-order chi connectivity index (χ1) is 8.11. The molecule has 5 heteroatoms. The summed E-state index contributed by atoms with van der Waals surface area (Å²) >= 11 is 6.05. The molecule has 1 fully saturated rings. The minimum atomic E-state index is -0.959. The van der Waals surface area contributed by atoms with Gasteiger partial charge in [-0.15, -0.1) is 0 Å². The molecule has 0 bridgehead atoms. The molecule has 4 nitrogen and oxygen atoms in total. The molecule has 0 unspecified atom stereocenters. The Labute approximate surface area is 104 Å². The van der Waals surface area contributed by atoms with E-state index in [9.17, 15) is 4.79 Å². The molecule has 1 heterocycles. The lowest BCUT2D eigenvalue weighted by atomic mass is 10.0. The molecular weight excluding hydrogens is 242 g/mol. The summed E-state index contributed by atoms with van der Waals surface area (Å²) in [5.74, 6) is -0.240. The number of nitrogens with zero attached hydrogens (tertiary/aromatic N) is 1. The number of hydrogen-bond acceptors (Lipinski definition) is 3. The van der Waals surface area contributed by atoms with Gasteiger partial charge in [0.1, 0.15) is 0 Å². The van der Waals surface area contributed by atoms with E-state index in [4.69, 9.17) is 21.4 Å². The van der Waals surface area contributed by atoms with Gasteiger partial charge >= 0.3 is 5.97 Å². The number of pyridine rings is 1. The summed E-state index contributed by atoms with van der Waals surface area (Å²) in [6.45, 7) is 0. The van der Waals surface area contributed by atoms with E-state index >= 15 is 0 Å². The van der Waals surface area contributed by atoms with E-state index in [0.29, 0.717) is 16.5 Å². The van der Waals surface area contributed by atoms with Crippen LogP contribution in [0.2, 0.25) is 5.02 Å². The van der Waals surface area contributed by atoms with Crippen LogP contribution in [-0.4, -0.2) is 23.2 Å². The van der Waals surface area contributed by atoms with E-state index in [2.05, 4.69) is 4.98 Å². The van der Waals surface area contributed by atoms with Gasteiger partial charge in [0, 0.05) is 17.7 Å². The number of carbonyl (C=O) groups is 1. The van der Waals surface area contributed by atoms with Crippen molar-refractivity contribution in [2.45, 2.75) is 12.8 Å². The molecule has 0 spiro atoms. The van der Waals surface area contributed by atoms with E-state index in [1.165, 1.54) is 19.4 Å². The average Bonchev–Trinajstić information content (AvgIpc) is 3.10. The first kappa shape index (κ1) is 11.9. The van der Waals surface area contributed by atoms with Gasteiger partial charge in [-0.1, -0.05) is 11.6 Å². The smallest absolute Gasteiger partial charge is 0.328 e. The topological polar surface area (TPSA) is 59.4 Å². The molecule has 2 rings (SSSR count). The quantitative estimate of drug-likeness (QED) is 0.838. The number of aromatic nitrogens is 1. The van der Waals surface area contributed by atoms with Crippen molar-refractivity contribution in [2.24, 2.45) is 5.92 Å². The Morgan fingerprint density at radius 3 is 2.88 bits per heavy atom. The summed E-state index contributed by atoms with van der Waals surface area (Å²) in [5, 5.41) is 9.32. The highest BCUT2D eigenvalue weighted by molar-refractivity contribution is 6.32. The number of carboxylic acid groups (broad SMARTS) is 1. The third kappa shape index (κ3) is 2.77. The van der Waals surface area contributed by atoms with Crippen molar-refractivity contribution in [1.82, 2.24) is 4.98 Å². The summed E-state index contributed by atoms with van der Waals surface area (Å²) < 4.78 is 5.02. The standard InChI is InChI=1S/C12H12ClNO3/c1-17-11-4-9(10(13)6-14-11)8(5-12(15)16)7-2-3-7/h4-7H,2-3H2,1H3,(H,15,16). The second-order valence-corrected chi connectivity index (χ2v) is 4.33. The van der Waals surface area contributed by atoms with Crippen LogP contribution in [0.25, 0.3) is 5.57 Å². The van der Waals surface area contributed by atoms with Gasteiger partial charge < -0.3 is 9.84 Å². The maximum Gasteiger partial charge on any atom is 0.328 e. The predicted molar refractivity (Wildman–Crippen MR) is 64.1 cm³/mol. The van der Waals surface area contributed by atoms with E-state index in [1.54, 1.807) is 6.07 Å². The van der Waals surface area contributed by atoms with Crippen LogP contribution in [0.3, 0.4) is 0 Å². The Balaban J connectivity index is 2.45. The average molecular weight is 254 g/mol. The molecule has 17 heavy (non-hydrogen) atoms. The third-order valence-corrected chi connectivity index (χ3v) is 2.95. The molecule has 0 aliphatic heterocycles. The van der Waals surface area contributed by atoms with Crippen LogP contribution >= 0.6 is 11.6 Å². The number of carboxylic acids is 1. The summed E-state index contributed by atoms with van der Waals surface area (Å²) in [7, 11) is 1.51. The second-order valence-electron chi connectivity index (χ2n) is 3.92. The molecular formula is C12H12ClNO3. The van der Waals surface area contributed by atoms with Crippen molar-refractivity contribution < 1.29 is 14.6 Å². The van der Waals surface area contributed by atoms with Crippen molar-refractivity contribution >= 4 is 23.1 Å². The van der Waals surface area contributed by atoms with E-state index < -0.39 is 5.97 Å². The summed E-state index contributed by atoms with van der Waals surface area (Å²) in [5.41, 5.74) is 1.45. The Bertz CT molecular complexity index is 481. The zero-order chi connectivity index (χ0) is 12.4. The predicted octanol–water partition coefficient (Wildman–Crippen LogP) is 2.62. The summed E-state index contributed by atoms with van der Waals surface area (Å²) in [4.78, 5) is 14.8. The van der Waals surface area contributed by atoms with Gasteiger partial charge in [0.15, 0.2) is 0 Å². The van der Waals surface area contributed by atoms with E-state index in [-0.39, 0.29) is 5.92 Å². The molecule has 1 aromatic heterocycles. The zero-order valence-electron chi connectivity index (χ0n) is 9.31. The number of hydrogen-bond donors (Lipinski definition) is 1. The maximum atomic E-state index is 10.8. The molecule has 90 valence electrons. The Kier molecular flexibility index (Phi) is 3.33. The zero-order valence-corrected chi connectivity index (χ0v) is 10.1. The highest BCUT2D eigenvalue weighted by Crippen LogP contribution is 2.44. The fourth-order valence-corrected chi connectivity index (χ4v) is 1.91. The first-order valence-corrected chi connectivity index (χ1v) is 5.64. The molecule has 1 aromatic rings. The fraction of sp³-hybridized carbons (Fsp3) is 0.333. The van der Waals surface area contributed by atoms with Crippen LogP contribution in [0.15, 0.2) is 18.3 Å². The Morgan fingerprint density at radius 2 is 2.35 bits per heavy atom. The number of halogens is 1. The van der Waals surface area contributed by atoms with Gasteiger partial charge in [0.05, 0.1) is 18.3 Å². The van der Waals surface area contributed by atoms with Crippen LogP contribution < -0.4 is 4.74 Å². The number of methoxy groups -OCH3 is 1. The molecule has 1 aliphatic rings. The normalized spacial score (nSPS) is 15.8. The molecule has 1 saturated carbocycles. The highest BCUT2D eigenvalue weighted by atomic mass is 35.5. The fourth-order valence-electron chi connectivity index (χ4n) is 1.70. The lowest BCUT2D eigenvalue weighted by molar-refractivity contribution is -0.131. The van der Waals surface area contributed by atoms with Gasteiger partial charge in [-0.05, 0) is 24.3 Å². The molecule has 1 N–H and O–H groups in total. The third-order valence-electron chi connectivity index (χ3n) is 2.65. The van der Waals surface area contributed by atoms with Crippen molar-refractivity contribution in [3.63, 3.8) is 0 Å². The van der Waals surface area contributed by atoms with Crippen molar-refractivity contribution in [3.05, 3.63) is 28.9 Å². The number of rotatable bonds is 4. The van der Waals surface area contributed by atoms with Crippen molar-refractivity contribution in [1.29, 1.82) is 0 Å². The lowest BCUT2D eigenvalue weighted by Crippen LogP contribution is -1.97. The minimum Gasteiger partial charge on any atom is -0.481 e. The van der Waals surface area contributed by atoms with Crippen LogP contribution in [0.1, 0.15) is 18.4 Å². The minimum absolute atomic E-state index is 0.288. The van der Waals surface area contributed by atoms with E-state index in [0.717, 1.165) is 18.4 Å². The second kappa shape index (κ2) is 4.75. The maximum absolute atomic E-state index is 10.8. The van der Waals surface area contributed by atoms with Crippen LogP contribution in [0, 0.1) is 5.92 Å². The Hall–Kier alpha value is -1.55. The number of ether oxygens (including phenoxy) is 1. The van der Waals surface area contributed by atoms with Crippen LogP contribution in [0.5, 0.6) is 5.88 Å². The number of allylic oxidation sites excluding steroid dienone is 1. The molecule has 1 aliphatic carbocycles. The van der Waals surface area contributed by atoms with Gasteiger partial charge in [-0.25, -0.2) is 9.78 Å². The molecule has 0 aromatic carbocycles. The van der Waals surface area contributed by atoms with Crippen LogP contribution in [0.4, 0.5) is 0 Å². The summed E-state index contributed by atoms with van der Waals surface area (Å²) in [6, 6.07) is 1.68. The van der Waals surface area contributed by atoms with Crippen molar-refractivity contribution in [2.75, 3.05) is 7.11 Å². The largest absolute Gasteiger partial charge is 0.481 e. The highest BCUT2D eigenvalue weighted by Gasteiger charge is 2.29. The van der Waals surface area contributed by atoms with Gasteiger partial charge in [-0.3, -0.25) is 0 Å². The van der Waals surface area contributed by atoms with Gasteiger partial charge in [0.25, 0.3) is 0 Å². The Morgan fingerprint density at radius 1 is 1.65 bits per heavy atom. The monoisotopic (exact) mass is 253 g/mol. The van der Waals surface area contributed by atoms with Crippen LogP contribution in [-0.2, 0) is 4.79 Å². The molecule has 0 radical (unpaired) electrons. The SMILES string of the molecule is COc1cc(C(=CC(=O)O)C2CC2)c(Cl)cn1. The van der Waals surface area contributed by atoms with Crippen molar-refractivity contribution in [3.8, 4) is 5.88 Å². The summed E-state index contributed by atoms with van der Waals surface area (Å²) in [6.07, 6.45) is 4.70. The van der Waals surface area contributed by atoms with E-state index in [1.807, 2.05) is 0 Å². The molecule has 0 saturated heterocycles. The lowest BCUT2D eigenvalue weighted by Gasteiger charge is -2.09. The van der Waals surface area contributed by atoms with Gasteiger partial charge in [0.2, 0.25) is 5.88 Å². The molecule has 0 amide bonds. The van der Waals surface area contributed by atoms with Gasteiger partial charge in [-0.2, -0.15) is 0 Å². The molecule has 0 atom stereocenters. The number of aliphatic carboxylic acids is 1. The first-order valence-electron chi connectivity index (χ1n) is 5.26.